The second kappa shape index (κ2) is 7.29. The highest BCUT2D eigenvalue weighted by Crippen LogP contribution is 2.36. The molecule has 1 aromatic carbocycles. The summed E-state index contributed by atoms with van der Waals surface area (Å²) in [6, 6.07) is 5.54. The van der Waals surface area contributed by atoms with Crippen molar-refractivity contribution in [3.05, 3.63) is 28.3 Å². The van der Waals surface area contributed by atoms with E-state index in [0.717, 1.165) is 18.8 Å². The summed E-state index contributed by atoms with van der Waals surface area (Å²) in [5.41, 5.74) is 0.627. The lowest BCUT2D eigenvalue weighted by molar-refractivity contribution is -0.385. The molecular weight excluding hydrogens is 268 g/mol. The molecule has 2 unspecified atom stereocenters. The van der Waals surface area contributed by atoms with Gasteiger partial charge in [-0.2, -0.15) is 0 Å². The average Bonchev–Trinajstić information content (AvgIpc) is 2.64. The van der Waals surface area contributed by atoms with Gasteiger partial charge in [-0.15, -0.1) is 0 Å². The van der Waals surface area contributed by atoms with Gasteiger partial charge in [-0.3, -0.25) is 10.1 Å². The molecule has 2 rings (SSSR count). The number of ether oxygens (including phenoxy) is 1. The molecule has 21 heavy (non-hydrogen) atoms. The Morgan fingerprint density at radius 3 is 2.86 bits per heavy atom. The van der Waals surface area contributed by atoms with Gasteiger partial charge in [0.15, 0.2) is 5.75 Å². The van der Waals surface area contributed by atoms with Crippen molar-refractivity contribution in [1.82, 2.24) is 0 Å². The van der Waals surface area contributed by atoms with E-state index in [-0.39, 0.29) is 10.6 Å². The van der Waals surface area contributed by atoms with E-state index >= 15 is 0 Å². The first-order valence-corrected chi connectivity index (χ1v) is 7.78. The molecule has 0 spiro atoms. The van der Waals surface area contributed by atoms with Gasteiger partial charge < -0.3 is 10.1 Å². The SMILES string of the molecule is CCOc1cccc(NC2CCCC(C)CC2)c1[N+](=O)[O-]. The van der Waals surface area contributed by atoms with E-state index in [4.69, 9.17) is 4.74 Å². The van der Waals surface area contributed by atoms with Crippen LogP contribution < -0.4 is 10.1 Å². The maximum absolute atomic E-state index is 11.4. The third kappa shape index (κ3) is 4.09. The Morgan fingerprint density at radius 2 is 2.14 bits per heavy atom. The van der Waals surface area contributed by atoms with E-state index in [1.54, 1.807) is 18.2 Å². The van der Waals surface area contributed by atoms with Gasteiger partial charge in [-0.25, -0.2) is 0 Å². The van der Waals surface area contributed by atoms with Crippen LogP contribution in [0.4, 0.5) is 11.4 Å². The number of nitro groups is 1. The smallest absolute Gasteiger partial charge is 0.333 e. The lowest BCUT2D eigenvalue weighted by Gasteiger charge is -2.18. The number of nitro benzene ring substituents is 1. The predicted molar refractivity (Wildman–Crippen MR) is 83.9 cm³/mol. The van der Waals surface area contributed by atoms with E-state index in [2.05, 4.69) is 12.2 Å². The van der Waals surface area contributed by atoms with Gasteiger partial charge in [-0.1, -0.05) is 25.8 Å². The molecule has 0 aromatic heterocycles. The number of para-hydroxylation sites is 1. The van der Waals surface area contributed by atoms with Gasteiger partial charge in [0.25, 0.3) is 0 Å². The third-order valence-corrected chi connectivity index (χ3v) is 4.10. The zero-order valence-electron chi connectivity index (χ0n) is 12.8. The molecule has 0 bridgehead atoms. The molecule has 0 saturated heterocycles. The minimum Gasteiger partial charge on any atom is -0.487 e. The van der Waals surface area contributed by atoms with Crippen LogP contribution in [0.15, 0.2) is 18.2 Å². The molecule has 1 aromatic rings. The molecule has 1 saturated carbocycles. The first-order valence-electron chi connectivity index (χ1n) is 7.78. The van der Waals surface area contributed by atoms with Crippen LogP contribution in [-0.2, 0) is 0 Å². The first-order chi connectivity index (χ1) is 10.1. The molecule has 1 fully saturated rings. The van der Waals surface area contributed by atoms with Crippen molar-refractivity contribution >= 4 is 11.4 Å². The molecule has 0 radical (unpaired) electrons. The van der Waals surface area contributed by atoms with Crippen molar-refractivity contribution in [3.8, 4) is 5.75 Å². The zero-order valence-corrected chi connectivity index (χ0v) is 12.8. The molecule has 116 valence electrons. The highest BCUT2D eigenvalue weighted by atomic mass is 16.6. The molecular formula is C16H24N2O3. The average molecular weight is 292 g/mol. The lowest BCUT2D eigenvalue weighted by Crippen LogP contribution is -2.19. The molecule has 5 nitrogen and oxygen atoms in total. The molecule has 0 heterocycles. The monoisotopic (exact) mass is 292 g/mol. The summed E-state index contributed by atoms with van der Waals surface area (Å²) >= 11 is 0. The fraction of sp³-hybridized carbons (Fsp3) is 0.625. The van der Waals surface area contributed by atoms with Gasteiger partial charge in [0, 0.05) is 6.04 Å². The number of anilines is 1. The number of rotatable bonds is 5. The van der Waals surface area contributed by atoms with Gasteiger partial charge in [0.1, 0.15) is 5.69 Å². The van der Waals surface area contributed by atoms with E-state index in [0.29, 0.717) is 24.1 Å². The van der Waals surface area contributed by atoms with E-state index < -0.39 is 0 Å². The van der Waals surface area contributed by atoms with Crippen molar-refractivity contribution in [1.29, 1.82) is 0 Å². The van der Waals surface area contributed by atoms with E-state index in [9.17, 15) is 10.1 Å². The molecule has 0 aliphatic heterocycles. The van der Waals surface area contributed by atoms with Crippen molar-refractivity contribution in [3.63, 3.8) is 0 Å². The van der Waals surface area contributed by atoms with Gasteiger partial charge in [0.05, 0.1) is 11.5 Å². The Labute approximate surface area is 125 Å². The van der Waals surface area contributed by atoms with Crippen LogP contribution in [0.2, 0.25) is 0 Å². The summed E-state index contributed by atoms with van der Waals surface area (Å²) in [5.74, 6) is 1.09. The van der Waals surface area contributed by atoms with Crippen molar-refractivity contribution in [2.45, 2.75) is 52.0 Å². The second-order valence-electron chi connectivity index (χ2n) is 5.80. The molecule has 1 aliphatic rings. The van der Waals surface area contributed by atoms with Crippen LogP contribution in [0.5, 0.6) is 5.75 Å². The summed E-state index contributed by atoms with van der Waals surface area (Å²) in [6.07, 6.45) is 5.74. The molecule has 2 atom stereocenters. The van der Waals surface area contributed by atoms with Crippen LogP contribution in [0, 0.1) is 16.0 Å². The summed E-state index contributed by atoms with van der Waals surface area (Å²) in [4.78, 5) is 11.0. The number of hydrogen-bond acceptors (Lipinski definition) is 4. The first kappa shape index (κ1) is 15.6. The van der Waals surface area contributed by atoms with Gasteiger partial charge in [-0.05, 0) is 44.2 Å². The Bertz CT molecular complexity index is 490. The van der Waals surface area contributed by atoms with E-state index in [1.807, 2.05) is 6.92 Å². The third-order valence-electron chi connectivity index (χ3n) is 4.10. The maximum Gasteiger partial charge on any atom is 0.333 e. The Hall–Kier alpha value is -1.78. The minimum absolute atomic E-state index is 0.0524. The predicted octanol–water partition coefficient (Wildman–Crippen LogP) is 4.37. The number of hydrogen-bond donors (Lipinski definition) is 1. The summed E-state index contributed by atoms with van der Waals surface area (Å²) in [5, 5.41) is 14.7. The van der Waals surface area contributed by atoms with Crippen LogP contribution >= 0.6 is 0 Å². The Kier molecular flexibility index (Phi) is 5.42. The normalized spacial score (nSPS) is 22.4. The highest BCUT2D eigenvalue weighted by molar-refractivity contribution is 5.68. The van der Waals surface area contributed by atoms with Crippen molar-refractivity contribution < 1.29 is 9.66 Å². The standard InChI is InChI=1S/C16H24N2O3/c1-3-21-15-9-5-8-14(16(15)18(19)20)17-13-7-4-6-12(2)10-11-13/h5,8-9,12-13,17H,3-4,6-7,10-11H2,1-2H3. The molecule has 1 N–H and O–H groups in total. The summed E-state index contributed by atoms with van der Waals surface area (Å²) in [6.45, 7) is 4.53. The van der Waals surface area contributed by atoms with Gasteiger partial charge in [0.2, 0.25) is 0 Å². The fourth-order valence-corrected chi connectivity index (χ4v) is 2.95. The van der Waals surface area contributed by atoms with Crippen LogP contribution in [0.25, 0.3) is 0 Å². The quantitative estimate of drug-likeness (QED) is 0.497. The van der Waals surface area contributed by atoms with E-state index in [1.165, 1.54) is 19.3 Å². The summed E-state index contributed by atoms with van der Waals surface area (Å²) in [7, 11) is 0. The van der Waals surface area contributed by atoms with Crippen molar-refractivity contribution in [2.24, 2.45) is 5.92 Å². The Morgan fingerprint density at radius 1 is 1.33 bits per heavy atom. The van der Waals surface area contributed by atoms with Crippen molar-refractivity contribution in [2.75, 3.05) is 11.9 Å². The van der Waals surface area contributed by atoms with Crippen LogP contribution in [0.3, 0.4) is 0 Å². The molecule has 5 heteroatoms. The number of benzene rings is 1. The van der Waals surface area contributed by atoms with Gasteiger partial charge >= 0.3 is 5.69 Å². The maximum atomic E-state index is 11.4. The minimum atomic E-state index is -0.355. The molecule has 0 amide bonds. The fourth-order valence-electron chi connectivity index (χ4n) is 2.95. The lowest BCUT2D eigenvalue weighted by atomic mass is 10.0. The highest BCUT2D eigenvalue weighted by Gasteiger charge is 2.24. The van der Waals surface area contributed by atoms with Crippen LogP contribution in [-0.4, -0.2) is 17.6 Å². The zero-order chi connectivity index (χ0) is 15.2. The van der Waals surface area contributed by atoms with Crippen LogP contribution in [0.1, 0.15) is 46.0 Å². The Balaban J connectivity index is 2.18. The number of nitrogens with zero attached hydrogens (tertiary/aromatic N) is 1. The molecule has 1 aliphatic carbocycles. The largest absolute Gasteiger partial charge is 0.487 e. The number of nitrogens with one attached hydrogen (secondary N) is 1. The second-order valence-corrected chi connectivity index (χ2v) is 5.80. The summed E-state index contributed by atoms with van der Waals surface area (Å²) < 4.78 is 5.39. The topological polar surface area (TPSA) is 64.4 Å².